The lowest BCUT2D eigenvalue weighted by Crippen LogP contribution is -2.08. The Balaban J connectivity index is 2.16. The van der Waals surface area contributed by atoms with Gasteiger partial charge in [0.1, 0.15) is 12.9 Å². The van der Waals surface area contributed by atoms with Crippen molar-refractivity contribution >= 4 is 0 Å². The van der Waals surface area contributed by atoms with E-state index in [0.29, 0.717) is 11.9 Å². The van der Waals surface area contributed by atoms with Crippen LogP contribution in [0, 0.1) is 5.92 Å². The molecule has 1 aromatic rings. The molecule has 1 aromatic heterocycles. The third kappa shape index (κ3) is 1.58. The van der Waals surface area contributed by atoms with Crippen LogP contribution in [0.2, 0.25) is 0 Å². The first-order valence-corrected chi connectivity index (χ1v) is 4.80. The van der Waals surface area contributed by atoms with E-state index in [4.69, 9.17) is 5.11 Å². The van der Waals surface area contributed by atoms with Gasteiger partial charge in [0, 0.05) is 6.04 Å². The van der Waals surface area contributed by atoms with Crippen molar-refractivity contribution in [2.24, 2.45) is 5.92 Å². The Hall–Kier alpha value is -0.900. The maximum atomic E-state index is 9.01. The van der Waals surface area contributed by atoms with E-state index < -0.39 is 0 Å². The first-order chi connectivity index (χ1) is 6.31. The van der Waals surface area contributed by atoms with Gasteiger partial charge in [-0.25, -0.2) is 0 Å². The van der Waals surface area contributed by atoms with Crippen molar-refractivity contribution in [3.8, 4) is 0 Å². The highest BCUT2D eigenvalue weighted by Gasteiger charge is 2.24. The predicted molar refractivity (Wildman–Crippen MR) is 48.0 cm³/mol. The molecule has 0 bridgehead atoms. The van der Waals surface area contributed by atoms with Gasteiger partial charge in [-0.2, -0.15) is 0 Å². The van der Waals surface area contributed by atoms with Crippen molar-refractivity contribution in [3.63, 3.8) is 0 Å². The molecule has 13 heavy (non-hydrogen) atoms. The van der Waals surface area contributed by atoms with Crippen LogP contribution in [0.4, 0.5) is 0 Å². The van der Waals surface area contributed by atoms with Crippen LogP contribution in [0.3, 0.4) is 0 Å². The zero-order valence-corrected chi connectivity index (χ0v) is 7.85. The Morgan fingerprint density at radius 1 is 1.62 bits per heavy atom. The second-order valence-corrected chi connectivity index (χ2v) is 3.88. The van der Waals surface area contributed by atoms with Crippen LogP contribution in [0.25, 0.3) is 0 Å². The number of nitrogens with zero attached hydrogens (tertiary/aromatic N) is 3. The van der Waals surface area contributed by atoms with E-state index in [1.54, 1.807) is 6.33 Å². The molecule has 1 fully saturated rings. The Morgan fingerprint density at radius 3 is 3.08 bits per heavy atom. The van der Waals surface area contributed by atoms with E-state index in [9.17, 15) is 0 Å². The molecule has 0 aliphatic heterocycles. The summed E-state index contributed by atoms with van der Waals surface area (Å²) in [7, 11) is 0. The molecule has 72 valence electrons. The van der Waals surface area contributed by atoms with Crippen molar-refractivity contribution < 1.29 is 5.11 Å². The third-order valence-electron chi connectivity index (χ3n) is 2.85. The summed E-state index contributed by atoms with van der Waals surface area (Å²) >= 11 is 0. The average molecular weight is 181 g/mol. The largest absolute Gasteiger partial charge is 0.388 e. The summed E-state index contributed by atoms with van der Waals surface area (Å²) in [6.45, 7) is 2.26. The molecule has 0 amide bonds. The number of aromatic nitrogens is 3. The molecule has 0 radical (unpaired) electrons. The first-order valence-electron chi connectivity index (χ1n) is 4.80. The van der Waals surface area contributed by atoms with Gasteiger partial charge in [-0.15, -0.1) is 10.2 Å². The number of rotatable bonds is 2. The quantitative estimate of drug-likeness (QED) is 0.744. The van der Waals surface area contributed by atoms with Gasteiger partial charge < -0.3 is 9.67 Å². The van der Waals surface area contributed by atoms with E-state index >= 15 is 0 Å². The molecule has 2 unspecified atom stereocenters. The summed E-state index contributed by atoms with van der Waals surface area (Å²) in [5.74, 6) is 1.48. The number of aliphatic hydroxyl groups excluding tert-OH is 1. The highest BCUT2D eigenvalue weighted by Crippen LogP contribution is 2.34. The third-order valence-corrected chi connectivity index (χ3v) is 2.85. The number of aliphatic hydroxyl groups is 1. The zero-order valence-electron chi connectivity index (χ0n) is 7.85. The lowest BCUT2D eigenvalue weighted by Gasteiger charge is -2.12. The number of hydrogen-bond acceptors (Lipinski definition) is 3. The molecule has 1 N–H and O–H groups in total. The van der Waals surface area contributed by atoms with Gasteiger partial charge in [-0.3, -0.25) is 0 Å². The summed E-state index contributed by atoms with van der Waals surface area (Å²) in [6.07, 6.45) is 5.37. The van der Waals surface area contributed by atoms with Crippen LogP contribution in [0.5, 0.6) is 0 Å². The molecule has 0 aromatic carbocycles. The summed E-state index contributed by atoms with van der Waals surface area (Å²) in [6, 6.07) is 0.507. The molecule has 2 rings (SSSR count). The lowest BCUT2D eigenvalue weighted by molar-refractivity contribution is 0.259. The van der Waals surface area contributed by atoms with E-state index in [1.165, 1.54) is 19.3 Å². The van der Waals surface area contributed by atoms with Gasteiger partial charge in [-0.05, 0) is 25.2 Å². The Labute approximate surface area is 77.6 Å². The molecule has 1 aliphatic carbocycles. The molecule has 0 saturated heterocycles. The van der Waals surface area contributed by atoms with Crippen molar-refractivity contribution in [2.75, 3.05) is 0 Å². The maximum Gasteiger partial charge on any atom is 0.158 e. The molecule has 1 saturated carbocycles. The van der Waals surface area contributed by atoms with Crippen LogP contribution in [0.15, 0.2) is 6.33 Å². The second kappa shape index (κ2) is 3.46. The molecule has 0 spiro atoms. The van der Waals surface area contributed by atoms with Crippen molar-refractivity contribution in [3.05, 3.63) is 12.2 Å². The molecule has 4 nitrogen and oxygen atoms in total. The van der Waals surface area contributed by atoms with Crippen molar-refractivity contribution in [2.45, 2.75) is 38.8 Å². The van der Waals surface area contributed by atoms with E-state index in [2.05, 4.69) is 17.1 Å². The molecular weight excluding hydrogens is 166 g/mol. The average Bonchev–Trinajstić information content (AvgIpc) is 2.71. The fourth-order valence-corrected chi connectivity index (χ4v) is 2.11. The van der Waals surface area contributed by atoms with Crippen LogP contribution in [0.1, 0.15) is 38.1 Å². The minimum Gasteiger partial charge on any atom is -0.388 e. The van der Waals surface area contributed by atoms with Crippen LogP contribution in [-0.2, 0) is 6.61 Å². The van der Waals surface area contributed by atoms with Crippen LogP contribution < -0.4 is 0 Å². The van der Waals surface area contributed by atoms with Gasteiger partial charge >= 0.3 is 0 Å². The summed E-state index contributed by atoms with van der Waals surface area (Å²) in [5.41, 5.74) is 0. The smallest absolute Gasteiger partial charge is 0.158 e. The summed E-state index contributed by atoms with van der Waals surface area (Å²) in [4.78, 5) is 0. The molecule has 1 aliphatic rings. The van der Waals surface area contributed by atoms with Crippen LogP contribution in [-0.4, -0.2) is 19.9 Å². The van der Waals surface area contributed by atoms with Crippen molar-refractivity contribution in [1.29, 1.82) is 0 Å². The minimum absolute atomic E-state index is 0.00905. The zero-order chi connectivity index (χ0) is 9.26. The normalized spacial score (nSPS) is 28.2. The fourth-order valence-electron chi connectivity index (χ4n) is 2.11. The number of hydrogen-bond donors (Lipinski definition) is 1. The molecule has 4 heteroatoms. The Kier molecular flexibility index (Phi) is 2.31. The van der Waals surface area contributed by atoms with E-state index in [0.717, 1.165) is 5.92 Å². The fraction of sp³-hybridized carbons (Fsp3) is 0.778. The minimum atomic E-state index is -0.00905. The monoisotopic (exact) mass is 181 g/mol. The van der Waals surface area contributed by atoms with E-state index in [1.807, 2.05) is 4.57 Å². The van der Waals surface area contributed by atoms with Gasteiger partial charge in [0.25, 0.3) is 0 Å². The lowest BCUT2D eigenvalue weighted by atomic mass is 10.1. The Bertz CT molecular complexity index is 284. The first kappa shape index (κ1) is 8.69. The second-order valence-electron chi connectivity index (χ2n) is 3.88. The van der Waals surface area contributed by atoms with Gasteiger partial charge in [0.2, 0.25) is 0 Å². The van der Waals surface area contributed by atoms with Gasteiger partial charge in [0.05, 0.1) is 0 Å². The molecule has 2 atom stereocenters. The predicted octanol–water partition coefficient (Wildman–Crippen LogP) is 1.13. The summed E-state index contributed by atoms with van der Waals surface area (Å²) in [5, 5.41) is 16.7. The van der Waals surface area contributed by atoms with E-state index in [-0.39, 0.29) is 6.61 Å². The highest BCUT2D eigenvalue weighted by molar-refractivity contribution is 4.90. The highest BCUT2D eigenvalue weighted by atomic mass is 16.3. The SMILES string of the molecule is CC1CCC(n2cnnc2CO)C1. The maximum absolute atomic E-state index is 9.01. The standard InChI is InChI=1S/C9H15N3O/c1-7-2-3-8(4-7)12-6-10-11-9(12)5-13/h6-8,13H,2-5H2,1H3. The summed E-state index contributed by atoms with van der Waals surface area (Å²) < 4.78 is 2.02. The van der Waals surface area contributed by atoms with Gasteiger partial charge in [0.15, 0.2) is 5.82 Å². The molecular formula is C9H15N3O. The van der Waals surface area contributed by atoms with Gasteiger partial charge in [-0.1, -0.05) is 6.92 Å². The topological polar surface area (TPSA) is 50.9 Å². The van der Waals surface area contributed by atoms with Crippen LogP contribution >= 0.6 is 0 Å². The van der Waals surface area contributed by atoms with Crippen molar-refractivity contribution in [1.82, 2.24) is 14.8 Å². The Morgan fingerprint density at radius 2 is 2.46 bits per heavy atom. The molecule has 1 heterocycles.